The number of hydrogen-bond donors (Lipinski definition) is 14. The highest BCUT2D eigenvalue weighted by Crippen LogP contribution is 2.38. The highest BCUT2D eigenvalue weighted by molar-refractivity contribution is 5.77. The minimum Gasteiger partial charge on any atom is -0.477 e. The highest BCUT2D eigenvalue weighted by atomic mass is 16.8. The topological polar surface area (TPSA) is 373 Å². The summed E-state index contributed by atoms with van der Waals surface area (Å²) in [6.07, 6.45) is 7.20. The molecule has 2 amide bonds. The fraction of sp³-hybridized carbons (Fsp3) is 0.951. The van der Waals surface area contributed by atoms with Crippen LogP contribution in [0, 0.1) is 0 Å². The van der Waals surface area contributed by atoms with E-state index in [1.54, 1.807) is 0 Å². The number of nitrogens with one attached hydrogen (secondary N) is 2. The molecule has 3 aliphatic rings. The van der Waals surface area contributed by atoms with E-state index in [4.69, 9.17) is 28.4 Å². The van der Waals surface area contributed by atoms with Gasteiger partial charge in [-0.2, -0.15) is 0 Å². The number of aliphatic hydroxyl groups excluding tert-OH is 11. The van der Waals surface area contributed by atoms with Gasteiger partial charge in [-0.1, -0.05) is 200 Å². The van der Waals surface area contributed by atoms with Crippen molar-refractivity contribution in [3.05, 3.63) is 0 Å². The lowest BCUT2D eigenvalue weighted by Crippen LogP contribution is -2.70. The number of carboxylic acids is 1. The molecule has 0 aromatic heterocycles. The SMILES string of the molecule is CCCCCCCCCCCCCCCCCCCCCCCC(=O)NC(COC1OC(CO)C(OC2OC(CO)C(O)C(OC3(C(=O)O)CC(O)C(NC(C)=O)C(C(O)C(O)CO)O3)C2O)C(O)C1O)C(O)CCCCCCCCCCC. The first kappa shape index (κ1) is 76.0. The van der Waals surface area contributed by atoms with E-state index in [2.05, 4.69) is 24.5 Å². The molecule has 3 saturated heterocycles. The van der Waals surface area contributed by atoms with Crippen molar-refractivity contribution in [1.29, 1.82) is 0 Å². The van der Waals surface area contributed by atoms with Crippen LogP contribution in [0.25, 0.3) is 0 Å². The fourth-order valence-electron chi connectivity index (χ4n) is 11.6. The summed E-state index contributed by atoms with van der Waals surface area (Å²) < 4.78 is 34.7. The average molecular weight is 1210 g/mol. The highest BCUT2D eigenvalue weighted by Gasteiger charge is 2.60. The Morgan fingerprint density at radius 1 is 0.571 bits per heavy atom. The number of hydrogen-bond acceptors (Lipinski definition) is 20. The maximum atomic E-state index is 13.4. The summed E-state index contributed by atoms with van der Waals surface area (Å²) in [5, 5.41) is 136. The molecule has 0 saturated carbocycles. The minimum absolute atomic E-state index is 0.228. The Hall–Kier alpha value is -2.27. The Bertz CT molecular complexity index is 1720. The van der Waals surface area contributed by atoms with Crippen LogP contribution in [-0.4, -0.2) is 215 Å². The molecular weight excluding hydrogens is 1100 g/mol. The first-order chi connectivity index (χ1) is 40.4. The summed E-state index contributed by atoms with van der Waals surface area (Å²) in [5.41, 5.74) is 0. The van der Waals surface area contributed by atoms with Crippen LogP contribution < -0.4 is 10.6 Å². The molecule has 84 heavy (non-hydrogen) atoms. The van der Waals surface area contributed by atoms with Crippen LogP contribution in [0.4, 0.5) is 0 Å². The molecule has 18 atom stereocenters. The number of carbonyl (C=O) groups is 3. The second-order valence-corrected chi connectivity index (χ2v) is 24.0. The van der Waals surface area contributed by atoms with Crippen molar-refractivity contribution in [1.82, 2.24) is 10.6 Å². The molecule has 0 bridgehead atoms. The van der Waals surface area contributed by atoms with Gasteiger partial charge in [0, 0.05) is 19.8 Å². The Morgan fingerprint density at radius 3 is 1.49 bits per heavy atom. The molecular formula is C61H114N2O21. The van der Waals surface area contributed by atoms with Gasteiger partial charge in [0.15, 0.2) is 12.6 Å². The van der Waals surface area contributed by atoms with E-state index in [1.807, 2.05) is 0 Å². The van der Waals surface area contributed by atoms with Gasteiger partial charge < -0.3 is 100 Å². The molecule has 18 unspecified atom stereocenters. The number of carboxylic acid groups (broad SMARTS) is 1. The van der Waals surface area contributed by atoms with Crippen LogP contribution in [0.1, 0.15) is 233 Å². The summed E-state index contributed by atoms with van der Waals surface area (Å²) in [5.74, 6) is -6.10. The molecule has 3 heterocycles. The summed E-state index contributed by atoms with van der Waals surface area (Å²) in [6, 6.07) is -2.52. The van der Waals surface area contributed by atoms with Crippen molar-refractivity contribution in [3.63, 3.8) is 0 Å². The Morgan fingerprint density at radius 2 is 1.04 bits per heavy atom. The van der Waals surface area contributed by atoms with Crippen molar-refractivity contribution in [2.45, 2.75) is 342 Å². The van der Waals surface area contributed by atoms with Gasteiger partial charge in [-0.3, -0.25) is 9.59 Å². The molecule has 0 aromatic carbocycles. The van der Waals surface area contributed by atoms with Crippen LogP contribution in [0.3, 0.4) is 0 Å². The Kier molecular flexibility index (Phi) is 39.3. The third-order valence-corrected chi connectivity index (χ3v) is 16.8. The molecule has 14 N–H and O–H groups in total. The first-order valence-electron chi connectivity index (χ1n) is 32.4. The fourth-order valence-corrected chi connectivity index (χ4v) is 11.6. The molecule has 0 radical (unpaired) electrons. The third-order valence-electron chi connectivity index (χ3n) is 16.8. The van der Waals surface area contributed by atoms with Gasteiger partial charge in [-0.15, -0.1) is 0 Å². The lowest BCUT2D eigenvalue weighted by Gasteiger charge is -2.50. The lowest BCUT2D eigenvalue weighted by molar-refractivity contribution is -0.386. The van der Waals surface area contributed by atoms with Crippen molar-refractivity contribution < 1.29 is 104 Å². The van der Waals surface area contributed by atoms with Crippen molar-refractivity contribution in [3.8, 4) is 0 Å². The third kappa shape index (κ3) is 26.8. The summed E-state index contributed by atoms with van der Waals surface area (Å²) >= 11 is 0. The lowest BCUT2D eigenvalue weighted by atomic mass is 9.88. The van der Waals surface area contributed by atoms with Crippen molar-refractivity contribution >= 4 is 17.8 Å². The van der Waals surface area contributed by atoms with Crippen LogP contribution in [0.15, 0.2) is 0 Å². The standard InChI is InChI=1S/C61H114N2O21/c1-4-6-8-10-12-14-15-16-17-18-19-20-21-22-23-24-25-27-29-31-33-35-48(71)63-42(43(68)34-32-30-28-26-13-11-9-7-5-2)40-79-58-53(75)52(74)55(47(39-66)81-58)82-59-54(76)57(51(73)46(38-65)80-59)84-61(60(77)78)36-44(69)49(62-41(3)67)56(83-61)50(72)45(70)37-64/h42-47,49-59,64-66,68-70,72-76H,4-40H2,1-3H3,(H,62,67)(H,63,71)(H,77,78). The number of unbranched alkanes of at least 4 members (excludes halogenated alkanes) is 28. The minimum atomic E-state index is -3.07. The quantitative estimate of drug-likeness (QED) is 0.0380. The molecule has 3 fully saturated rings. The number of aliphatic carboxylic acids is 1. The van der Waals surface area contributed by atoms with Gasteiger partial charge in [0.2, 0.25) is 11.8 Å². The molecule has 3 rings (SSSR count). The van der Waals surface area contributed by atoms with E-state index in [0.717, 1.165) is 51.9 Å². The second-order valence-electron chi connectivity index (χ2n) is 24.0. The van der Waals surface area contributed by atoms with Crippen molar-refractivity contribution in [2.24, 2.45) is 0 Å². The number of aliphatic hydroxyl groups is 11. The summed E-state index contributed by atoms with van der Waals surface area (Å²) in [6.45, 7) is 2.16. The Labute approximate surface area is 499 Å². The average Bonchev–Trinajstić information content (AvgIpc) is 1.31. The monoisotopic (exact) mass is 1210 g/mol. The maximum absolute atomic E-state index is 13.4. The van der Waals surface area contributed by atoms with Crippen LogP contribution in [0.5, 0.6) is 0 Å². The number of rotatable bonds is 48. The zero-order valence-corrected chi connectivity index (χ0v) is 51.0. The van der Waals surface area contributed by atoms with E-state index in [-0.39, 0.29) is 18.9 Å². The van der Waals surface area contributed by atoms with E-state index in [1.165, 1.54) is 135 Å². The second kappa shape index (κ2) is 43.4. The van der Waals surface area contributed by atoms with E-state index >= 15 is 0 Å². The molecule has 23 nitrogen and oxygen atoms in total. The van der Waals surface area contributed by atoms with Crippen LogP contribution >= 0.6 is 0 Å². The van der Waals surface area contributed by atoms with Gasteiger partial charge in [-0.05, 0) is 12.8 Å². The van der Waals surface area contributed by atoms with Crippen LogP contribution in [-0.2, 0) is 42.8 Å². The zero-order valence-electron chi connectivity index (χ0n) is 51.0. The van der Waals surface area contributed by atoms with E-state index < -0.39 is 148 Å². The molecule has 0 spiro atoms. The van der Waals surface area contributed by atoms with E-state index in [9.17, 15) is 75.7 Å². The summed E-state index contributed by atoms with van der Waals surface area (Å²) in [4.78, 5) is 38.4. The number of amides is 2. The maximum Gasteiger partial charge on any atom is 0.364 e. The van der Waals surface area contributed by atoms with Gasteiger partial charge in [0.25, 0.3) is 5.79 Å². The predicted molar refractivity (Wildman–Crippen MR) is 311 cm³/mol. The van der Waals surface area contributed by atoms with Gasteiger partial charge in [0.05, 0.1) is 50.7 Å². The number of carbonyl (C=O) groups excluding carboxylic acids is 2. The molecule has 0 aliphatic carbocycles. The predicted octanol–water partition coefficient (Wildman–Crippen LogP) is 4.17. The Balaban J connectivity index is 1.58. The zero-order chi connectivity index (χ0) is 61.9. The summed E-state index contributed by atoms with van der Waals surface area (Å²) in [7, 11) is 0. The molecule has 494 valence electrons. The smallest absolute Gasteiger partial charge is 0.364 e. The number of ether oxygens (including phenoxy) is 6. The van der Waals surface area contributed by atoms with Crippen LogP contribution in [0.2, 0.25) is 0 Å². The largest absolute Gasteiger partial charge is 0.477 e. The first-order valence-corrected chi connectivity index (χ1v) is 32.4. The molecule has 23 heteroatoms. The normalized spacial score (nSPS) is 29.7. The van der Waals surface area contributed by atoms with Gasteiger partial charge in [0.1, 0.15) is 67.1 Å². The van der Waals surface area contributed by atoms with E-state index in [0.29, 0.717) is 19.3 Å². The van der Waals surface area contributed by atoms with Gasteiger partial charge in [-0.25, -0.2) is 4.79 Å². The van der Waals surface area contributed by atoms with Crippen molar-refractivity contribution in [2.75, 3.05) is 26.4 Å². The van der Waals surface area contributed by atoms with Gasteiger partial charge >= 0.3 is 5.97 Å². The molecule has 0 aromatic rings. The molecule has 3 aliphatic heterocycles.